The molecule has 0 aliphatic carbocycles. The highest BCUT2D eigenvalue weighted by Crippen LogP contribution is 2.39. The third-order valence-corrected chi connectivity index (χ3v) is 7.02. The number of nitrogens with zero attached hydrogens (tertiary/aromatic N) is 4. The summed E-state index contributed by atoms with van der Waals surface area (Å²) < 4.78 is 22.2. The van der Waals surface area contributed by atoms with Crippen LogP contribution in [0.5, 0.6) is 0 Å². The molecular weight excluding hydrogens is 493 g/mol. The topological polar surface area (TPSA) is 72.3 Å². The van der Waals surface area contributed by atoms with Crippen LogP contribution in [0, 0.1) is 12.7 Å². The zero-order chi connectivity index (χ0) is 26.3. The number of benzene rings is 2. The third kappa shape index (κ3) is 5.21. The number of aromatic nitrogens is 3. The van der Waals surface area contributed by atoms with Gasteiger partial charge in [-0.2, -0.15) is 0 Å². The first-order valence-electron chi connectivity index (χ1n) is 12.5. The molecule has 2 aliphatic heterocycles. The van der Waals surface area contributed by atoms with E-state index in [-0.39, 0.29) is 17.2 Å². The van der Waals surface area contributed by atoms with Crippen molar-refractivity contribution in [2.45, 2.75) is 58.7 Å². The average Bonchev–Trinajstić information content (AvgIpc) is 3.15. The lowest BCUT2D eigenvalue weighted by atomic mass is 9.90. The smallest absolute Gasteiger partial charge is 0.410 e. The van der Waals surface area contributed by atoms with Crippen molar-refractivity contribution in [1.82, 2.24) is 19.9 Å². The Hall–Kier alpha value is -3.39. The van der Waals surface area contributed by atoms with E-state index in [9.17, 15) is 9.18 Å². The SMILES string of the molecule is Cc1nnn2c1-c1ccc(C3=CCN(C(=O)OC(C)(C)C)CC3)cc1C(Nc1cccc(Cl)c1F)CC2. The fraction of sp³-hybridized carbons (Fsp3) is 0.393. The fourth-order valence-electron chi connectivity index (χ4n) is 4.94. The van der Waals surface area contributed by atoms with Crippen LogP contribution >= 0.6 is 11.6 Å². The summed E-state index contributed by atoms with van der Waals surface area (Å²) in [5, 5.41) is 12.1. The molecule has 0 radical (unpaired) electrons. The van der Waals surface area contributed by atoms with Gasteiger partial charge < -0.3 is 15.0 Å². The van der Waals surface area contributed by atoms with Crippen molar-refractivity contribution in [1.29, 1.82) is 0 Å². The number of rotatable bonds is 3. The number of fused-ring (bicyclic) bond motifs is 3. The standard InChI is InChI=1S/C28H31ClFN5O2/c1-17-26-20-9-8-19(18-10-13-34(14-11-18)27(36)37-28(2,3)4)16-21(20)23(12-15-35(26)33-32-17)31-24-7-5-6-22(29)25(24)30/h5-10,16,23,31H,11-15H2,1-4H3. The number of halogens is 2. The number of anilines is 1. The molecule has 5 rings (SSSR count). The molecule has 1 amide bonds. The molecule has 0 saturated heterocycles. The molecule has 7 nitrogen and oxygen atoms in total. The second-order valence-electron chi connectivity index (χ2n) is 10.5. The van der Waals surface area contributed by atoms with Gasteiger partial charge in [0.25, 0.3) is 0 Å². The van der Waals surface area contributed by atoms with Crippen molar-refractivity contribution < 1.29 is 13.9 Å². The Bertz CT molecular complexity index is 1380. The monoisotopic (exact) mass is 523 g/mol. The molecule has 194 valence electrons. The predicted octanol–water partition coefficient (Wildman–Crippen LogP) is 6.63. The Morgan fingerprint density at radius 1 is 1.22 bits per heavy atom. The van der Waals surface area contributed by atoms with Crippen molar-refractivity contribution in [2.75, 3.05) is 18.4 Å². The molecule has 9 heteroatoms. The highest BCUT2D eigenvalue weighted by Gasteiger charge is 2.28. The van der Waals surface area contributed by atoms with E-state index in [1.807, 2.05) is 32.4 Å². The van der Waals surface area contributed by atoms with E-state index in [2.05, 4.69) is 39.9 Å². The van der Waals surface area contributed by atoms with Gasteiger partial charge in [0.05, 0.1) is 28.1 Å². The van der Waals surface area contributed by atoms with Crippen LogP contribution in [-0.2, 0) is 11.3 Å². The maximum absolute atomic E-state index is 14.8. The van der Waals surface area contributed by atoms with E-state index in [0.717, 1.165) is 34.5 Å². The summed E-state index contributed by atoms with van der Waals surface area (Å²) in [7, 11) is 0. The normalized spacial score (nSPS) is 17.4. The molecule has 2 aromatic carbocycles. The minimum Gasteiger partial charge on any atom is -0.444 e. The molecule has 1 atom stereocenters. The second kappa shape index (κ2) is 9.82. The van der Waals surface area contributed by atoms with Gasteiger partial charge in [-0.3, -0.25) is 0 Å². The van der Waals surface area contributed by atoms with Gasteiger partial charge in [0.2, 0.25) is 0 Å². The summed E-state index contributed by atoms with van der Waals surface area (Å²) in [5.41, 5.74) is 6.00. The number of ether oxygens (including phenoxy) is 1. The van der Waals surface area contributed by atoms with Gasteiger partial charge in [-0.1, -0.05) is 41.1 Å². The predicted molar refractivity (Wildman–Crippen MR) is 143 cm³/mol. The van der Waals surface area contributed by atoms with Crippen molar-refractivity contribution in [3.8, 4) is 11.3 Å². The van der Waals surface area contributed by atoms with Crippen LogP contribution in [0.15, 0.2) is 42.5 Å². The molecule has 2 aliphatic rings. The summed E-state index contributed by atoms with van der Waals surface area (Å²) in [6.07, 6.45) is 3.21. The van der Waals surface area contributed by atoms with Crippen LogP contribution in [0.3, 0.4) is 0 Å². The van der Waals surface area contributed by atoms with Crippen LogP contribution in [0.4, 0.5) is 14.9 Å². The first kappa shape index (κ1) is 25.3. The Labute approximate surface area is 221 Å². The summed E-state index contributed by atoms with van der Waals surface area (Å²) in [6.45, 7) is 9.29. The number of carbonyl (C=O) groups excluding carboxylic acids is 1. The molecule has 1 aromatic heterocycles. The van der Waals surface area contributed by atoms with Crippen molar-refractivity contribution >= 4 is 29.0 Å². The summed E-state index contributed by atoms with van der Waals surface area (Å²) in [6, 6.07) is 11.2. The van der Waals surface area contributed by atoms with Crippen molar-refractivity contribution in [3.05, 3.63) is 70.1 Å². The number of aryl methyl sites for hydroxylation is 2. The summed E-state index contributed by atoms with van der Waals surface area (Å²) in [5.74, 6) is -0.459. The minimum absolute atomic E-state index is 0.0856. The Kier molecular flexibility index (Phi) is 6.70. The lowest BCUT2D eigenvalue weighted by molar-refractivity contribution is 0.0270. The van der Waals surface area contributed by atoms with E-state index >= 15 is 0 Å². The van der Waals surface area contributed by atoms with Crippen molar-refractivity contribution in [2.24, 2.45) is 0 Å². The molecule has 0 spiro atoms. The zero-order valence-electron chi connectivity index (χ0n) is 21.5. The van der Waals surface area contributed by atoms with E-state index in [1.165, 1.54) is 5.57 Å². The minimum atomic E-state index is -0.526. The van der Waals surface area contributed by atoms with Crippen LogP contribution in [0.2, 0.25) is 5.02 Å². The lowest BCUT2D eigenvalue weighted by Crippen LogP contribution is -2.39. The van der Waals surface area contributed by atoms with Gasteiger partial charge in [0.15, 0.2) is 5.82 Å². The largest absolute Gasteiger partial charge is 0.444 e. The van der Waals surface area contributed by atoms with Crippen LogP contribution in [-0.4, -0.2) is 44.7 Å². The van der Waals surface area contributed by atoms with E-state index < -0.39 is 11.4 Å². The lowest BCUT2D eigenvalue weighted by Gasteiger charge is -2.30. The second-order valence-corrected chi connectivity index (χ2v) is 10.9. The average molecular weight is 524 g/mol. The Balaban J connectivity index is 1.48. The Morgan fingerprint density at radius 2 is 2.03 bits per heavy atom. The van der Waals surface area contributed by atoms with Gasteiger partial charge >= 0.3 is 6.09 Å². The fourth-order valence-corrected chi connectivity index (χ4v) is 5.11. The number of hydrogen-bond acceptors (Lipinski definition) is 5. The van der Waals surface area contributed by atoms with Gasteiger partial charge in [0, 0.05) is 25.2 Å². The molecule has 1 unspecified atom stereocenters. The highest BCUT2D eigenvalue weighted by atomic mass is 35.5. The first-order valence-corrected chi connectivity index (χ1v) is 12.9. The zero-order valence-corrected chi connectivity index (χ0v) is 22.3. The van der Waals surface area contributed by atoms with Gasteiger partial charge in [-0.25, -0.2) is 13.9 Å². The molecule has 1 N–H and O–H groups in total. The third-order valence-electron chi connectivity index (χ3n) is 6.73. The number of carbonyl (C=O) groups is 1. The summed E-state index contributed by atoms with van der Waals surface area (Å²) in [4.78, 5) is 14.2. The van der Waals surface area contributed by atoms with E-state index in [1.54, 1.807) is 23.1 Å². The van der Waals surface area contributed by atoms with E-state index in [0.29, 0.717) is 31.7 Å². The Morgan fingerprint density at radius 3 is 2.76 bits per heavy atom. The first-order chi connectivity index (χ1) is 17.6. The molecule has 0 bridgehead atoms. The molecule has 0 fully saturated rings. The molecular formula is C28H31ClFN5O2. The number of nitrogens with one attached hydrogen (secondary N) is 1. The molecule has 3 aromatic rings. The highest BCUT2D eigenvalue weighted by molar-refractivity contribution is 6.31. The quantitative estimate of drug-likeness (QED) is 0.417. The van der Waals surface area contributed by atoms with Crippen LogP contribution in [0.1, 0.15) is 56.5 Å². The van der Waals surface area contributed by atoms with Crippen LogP contribution in [0.25, 0.3) is 16.8 Å². The molecule has 37 heavy (non-hydrogen) atoms. The maximum atomic E-state index is 14.8. The van der Waals surface area contributed by atoms with Crippen molar-refractivity contribution in [3.63, 3.8) is 0 Å². The molecule has 0 saturated carbocycles. The van der Waals surface area contributed by atoms with Gasteiger partial charge in [0.1, 0.15) is 5.60 Å². The van der Waals surface area contributed by atoms with Gasteiger partial charge in [-0.05, 0) is 75.4 Å². The van der Waals surface area contributed by atoms with Crippen LogP contribution < -0.4 is 5.32 Å². The van der Waals surface area contributed by atoms with Gasteiger partial charge in [-0.15, -0.1) is 5.10 Å². The van der Waals surface area contributed by atoms with E-state index in [4.69, 9.17) is 16.3 Å². The molecule has 3 heterocycles. The number of hydrogen-bond donors (Lipinski definition) is 1. The summed E-state index contributed by atoms with van der Waals surface area (Å²) >= 11 is 6.05. The maximum Gasteiger partial charge on any atom is 0.410 e. The number of amides is 1.